The summed E-state index contributed by atoms with van der Waals surface area (Å²) < 4.78 is 4.84. The van der Waals surface area contributed by atoms with Crippen LogP contribution in [-0.4, -0.2) is 36.0 Å². The number of rotatable bonds is 3. The third-order valence-corrected chi connectivity index (χ3v) is 2.27. The molecule has 1 atom stereocenters. The van der Waals surface area contributed by atoms with Crippen molar-refractivity contribution in [2.75, 3.05) is 13.2 Å². The maximum atomic E-state index is 11.3. The normalized spacial score (nSPS) is 21.0. The summed E-state index contributed by atoms with van der Waals surface area (Å²) in [7, 11) is 0. The number of carbonyl (C=O) groups is 2. The van der Waals surface area contributed by atoms with Gasteiger partial charge in [-0.15, -0.1) is 0 Å². The van der Waals surface area contributed by atoms with Gasteiger partial charge in [-0.1, -0.05) is 13.8 Å². The molecule has 1 fully saturated rings. The number of ether oxygens (including phenoxy) is 1. The zero-order chi connectivity index (χ0) is 10.7. The van der Waals surface area contributed by atoms with E-state index in [9.17, 15) is 9.59 Å². The summed E-state index contributed by atoms with van der Waals surface area (Å²) in [5.74, 6) is 0.563. The average Bonchev–Trinajstić information content (AvgIpc) is 2.10. The molecule has 1 saturated heterocycles. The number of hydrogen-bond acceptors (Lipinski definition) is 3. The molecule has 4 heteroatoms. The summed E-state index contributed by atoms with van der Waals surface area (Å²) in [6.07, 6.45) is 0.371. The fourth-order valence-electron chi connectivity index (χ4n) is 1.55. The molecular weight excluding hydrogens is 182 g/mol. The van der Waals surface area contributed by atoms with Crippen molar-refractivity contribution in [1.29, 1.82) is 0 Å². The van der Waals surface area contributed by atoms with Gasteiger partial charge in [-0.3, -0.25) is 9.69 Å². The van der Waals surface area contributed by atoms with Crippen molar-refractivity contribution in [3.63, 3.8) is 0 Å². The van der Waals surface area contributed by atoms with Crippen LogP contribution in [0.5, 0.6) is 0 Å². The van der Waals surface area contributed by atoms with Gasteiger partial charge in [0.05, 0.1) is 19.2 Å². The van der Waals surface area contributed by atoms with E-state index in [0.29, 0.717) is 12.5 Å². The molecule has 1 heterocycles. The minimum absolute atomic E-state index is 0.145. The molecule has 1 aliphatic heterocycles. The van der Waals surface area contributed by atoms with E-state index >= 15 is 0 Å². The van der Waals surface area contributed by atoms with Gasteiger partial charge in [-0.05, 0) is 19.3 Å². The van der Waals surface area contributed by atoms with Gasteiger partial charge in [0.15, 0.2) is 5.78 Å². The van der Waals surface area contributed by atoms with E-state index in [0.717, 1.165) is 6.42 Å². The molecule has 0 aromatic rings. The van der Waals surface area contributed by atoms with Gasteiger partial charge in [-0.25, -0.2) is 4.79 Å². The van der Waals surface area contributed by atoms with E-state index in [-0.39, 0.29) is 24.5 Å². The predicted molar refractivity (Wildman–Crippen MR) is 52.0 cm³/mol. The van der Waals surface area contributed by atoms with E-state index < -0.39 is 0 Å². The Hall–Kier alpha value is -1.06. The Morgan fingerprint density at radius 3 is 2.71 bits per heavy atom. The highest BCUT2D eigenvalue weighted by Gasteiger charge is 2.41. The van der Waals surface area contributed by atoms with Crippen LogP contribution in [0.2, 0.25) is 0 Å². The van der Waals surface area contributed by atoms with E-state index in [1.165, 1.54) is 4.90 Å². The lowest BCUT2D eigenvalue weighted by Crippen LogP contribution is -2.59. The van der Waals surface area contributed by atoms with Crippen molar-refractivity contribution >= 4 is 11.9 Å². The summed E-state index contributed by atoms with van der Waals surface area (Å²) in [6.45, 7) is 6.41. The van der Waals surface area contributed by atoms with Crippen molar-refractivity contribution < 1.29 is 14.3 Å². The Kier molecular flexibility index (Phi) is 3.49. The summed E-state index contributed by atoms with van der Waals surface area (Å²) >= 11 is 0. The number of ketones is 1. The number of carbonyl (C=O) groups excluding carboxylic acids is 2. The largest absolute Gasteiger partial charge is 0.450 e. The average molecular weight is 199 g/mol. The Balaban J connectivity index is 2.47. The highest BCUT2D eigenvalue weighted by Crippen LogP contribution is 2.21. The number of nitrogens with zero attached hydrogens (tertiary/aromatic N) is 1. The quantitative estimate of drug-likeness (QED) is 0.691. The lowest BCUT2D eigenvalue weighted by Gasteiger charge is -2.38. The standard InChI is InChI=1S/C10H17NO3/c1-4-14-10(13)11-6-9(12)8(11)5-7(2)3/h7-8H,4-6H2,1-3H3/t8-/m0/s1. The topological polar surface area (TPSA) is 46.6 Å². The van der Waals surface area contributed by atoms with E-state index in [1.807, 2.05) is 13.8 Å². The molecule has 80 valence electrons. The fraction of sp³-hybridized carbons (Fsp3) is 0.800. The molecule has 0 bridgehead atoms. The van der Waals surface area contributed by atoms with E-state index in [2.05, 4.69) is 0 Å². The Labute approximate surface area is 84.2 Å². The summed E-state index contributed by atoms with van der Waals surface area (Å²) in [5, 5.41) is 0. The SMILES string of the molecule is CCOC(=O)N1CC(=O)[C@@H]1CC(C)C. The zero-order valence-corrected chi connectivity index (χ0v) is 8.95. The predicted octanol–water partition coefficient (Wildman–Crippen LogP) is 1.44. The van der Waals surface area contributed by atoms with E-state index in [4.69, 9.17) is 4.74 Å². The first-order valence-electron chi connectivity index (χ1n) is 5.02. The maximum Gasteiger partial charge on any atom is 0.410 e. The van der Waals surface area contributed by atoms with Gasteiger partial charge in [0.2, 0.25) is 0 Å². The van der Waals surface area contributed by atoms with E-state index in [1.54, 1.807) is 6.92 Å². The molecule has 1 rings (SSSR count). The number of amides is 1. The molecule has 0 spiro atoms. The van der Waals surface area contributed by atoms with Gasteiger partial charge < -0.3 is 4.74 Å². The van der Waals surface area contributed by atoms with Gasteiger partial charge >= 0.3 is 6.09 Å². The molecule has 0 radical (unpaired) electrons. The molecular formula is C10H17NO3. The second-order valence-electron chi connectivity index (χ2n) is 3.94. The molecule has 4 nitrogen and oxygen atoms in total. The van der Waals surface area contributed by atoms with Crippen molar-refractivity contribution in [3.8, 4) is 0 Å². The smallest absolute Gasteiger partial charge is 0.410 e. The van der Waals surface area contributed by atoms with Gasteiger partial charge in [0.1, 0.15) is 0 Å². The van der Waals surface area contributed by atoms with Crippen LogP contribution in [-0.2, 0) is 9.53 Å². The second-order valence-corrected chi connectivity index (χ2v) is 3.94. The fourth-order valence-corrected chi connectivity index (χ4v) is 1.55. The highest BCUT2D eigenvalue weighted by molar-refractivity contribution is 5.97. The highest BCUT2D eigenvalue weighted by atomic mass is 16.6. The van der Waals surface area contributed by atoms with Gasteiger partial charge in [0, 0.05) is 0 Å². The molecule has 0 aromatic heterocycles. The zero-order valence-electron chi connectivity index (χ0n) is 8.95. The minimum atomic E-state index is -0.363. The first-order valence-corrected chi connectivity index (χ1v) is 5.02. The first-order chi connectivity index (χ1) is 6.56. The van der Waals surface area contributed by atoms with Crippen molar-refractivity contribution in [1.82, 2.24) is 4.90 Å². The molecule has 0 N–H and O–H groups in total. The number of Topliss-reactive ketones (excluding diaryl/α,β-unsaturated/α-hetero) is 1. The van der Waals surface area contributed by atoms with Crippen LogP contribution in [0.1, 0.15) is 27.2 Å². The lowest BCUT2D eigenvalue weighted by molar-refractivity contribution is -0.135. The van der Waals surface area contributed by atoms with Crippen LogP contribution < -0.4 is 0 Å². The third-order valence-electron chi connectivity index (χ3n) is 2.27. The van der Waals surface area contributed by atoms with Crippen LogP contribution in [0.4, 0.5) is 4.79 Å². The van der Waals surface area contributed by atoms with Crippen LogP contribution in [0.15, 0.2) is 0 Å². The summed E-state index contributed by atoms with van der Waals surface area (Å²) in [5.41, 5.74) is 0. The number of hydrogen-bond donors (Lipinski definition) is 0. The van der Waals surface area contributed by atoms with Crippen LogP contribution in [0.25, 0.3) is 0 Å². The summed E-state index contributed by atoms with van der Waals surface area (Å²) in [6, 6.07) is -0.242. The van der Waals surface area contributed by atoms with Gasteiger partial charge in [0.25, 0.3) is 0 Å². The molecule has 0 aromatic carbocycles. The molecule has 14 heavy (non-hydrogen) atoms. The maximum absolute atomic E-state index is 11.3. The first kappa shape index (κ1) is 11.0. The molecule has 0 unspecified atom stereocenters. The Morgan fingerprint density at radius 1 is 1.64 bits per heavy atom. The van der Waals surface area contributed by atoms with Crippen molar-refractivity contribution in [2.45, 2.75) is 33.2 Å². The lowest BCUT2D eigenvalue weighted by atomic mass is 9.93. The summed E-state index contributed by atoms with van der Waals surface area (Å²) in [4.78, 5) is 24.1. The van der Waals surface area contributed by atoms with Crippen LogP contribution in [0.3, 0.4) is 0 Å². The molecule has 1 amide bonds. The molecule has 0 saturated carbocycles. The third kappa shape index (κ3) is 2.25. The monoisotopic (exact) mass is 199 g/mol. The minimum Gasteiger partial charge on any atom is -0.450 e. The van der Waals surface area contributed by atoms with Crippen LogP contribution in [0, 0.1) is 5.92 Å². The van der Waals surface area contributed by atoms with Crippen LogP contribution >= 0.6 is 0 Å². The van der Waals surface area contributed by atoms with Gasteiger partial charge in [-0.2, -0.15) is 0 Å². The Bertz CT molecular complexity index is 238. The van der Waals surface area contributed by atoms with Crippen molar-refractivity contribution in [2.24, 2.45) is 5.92 Å². The second kappa shape index (κ2) is 4.44. The van der Waals surface area contributed by atoms with Crippen molar-refractivity contribution in [3.05, 3.63) is 0 Å². The molecule has 0 aliphatic carbocycles. The Morgan fingerprint density at radius 2 is 2.29 bits per heavy atom. The number of likely N-dealkylation sites (tertiary alicyclic amines) is 1. The molecule has 1 aliphatic rings.